The molecule has 2 aliphatic heterocycles. The van der Waals surface area contributed by atoms with Gasteiger partial charge in [0, 0.05) is 44.8 Å². The summed E-state index contributed by atoms with van der Waals surface area (Å²) in [6.45, 7) is 4.88. The van der Waals surface area contributed by atoms with Crippen molar-refractivity contribution in [1.29, 1.82) is 0 Å². The van der Waals surface area contributed by atoms with Crippen LogP contribution in [0, 0.1) is 0 Å². The van der Waals surface area contributed by atoms with Crippen molar-refractivity contribution in [2.24, 2.45) is 0 Å². The molecule has 2 aliphatic rings. The van der Waals surface area contributed by atoms with E-state index in [1.54, 1.807) is 6.07 Å². The van der Waals surface area contributed by atoms with Crippen molar-refractivity contribution in [3.05, 3.63) is 101 Å². The summed E-state index contributed by atoms with van der Waals surface area (Å²) in [5.74, 6) is 0.226. The molecule has 1 amide bonds. The Labute approximate surface area is 229 Å². The summed E-state index contributed by atoms with van der Waals surface area (Å²) in [4.78, 5) is 19.0. The van der Waals surface area contributed by atoms with E-state index >= 15 is 0 Å². The van der Waals surface area contributed by atoms with E-state index in [9.17, 15) is 18.0 Å². The standard InChI is InChI=1S/C32H36F3N3O/c33-32(34,35)28-10-6-11-29(23-28)37-21-19-36(20-22-37)18-5-4-7-25-12-14-27(15-13-25)30-16-17-31(39)38(30)24-26-8-2-1-3-9-26/h1-3,6,8-15,23,30H,4-5,7,16-22,24H2. The van der Waals surface area contributed by atoms with Gasteiger partial charge < -0.3 is 9.80 Å². The molecule has 0 aliphatic carbocycles. The fourth-order valence-corrected chi connectivity index (χ4v) is 5.74. The lowest BCUT2D eigenvalue weighted by Crippen LogP contribution is -2.46. The van der Waals surface area contributed by atoms with Crippen molar-refractivity contribution in [3.8, 4) is 0 Å². The number of hydrogen-bond donors (Lipinski definition) is 0. The molecule has 0 N–H and O–H groups in total. The Morgan fingerprint density at radius 2 is 1.54 bits per heavy atom. The highest BCUT2D eigenvalue weighted by Crippen LogP contribution is 2.34. The molecule has 0 radical (unpaired) electrons. The van der Waals surface area contributed by atoms with Crippen LogP contribution < -0.4 is 4.90 Å². The highest BCUT2D eigenvalue weighted by Gasteiger charge is 2.32. The van der Waals surface area contributed by atoms with Crippen LogP contribution in [0.25, 0.3) is 0 Å². The topological polar surface area (TPSA) is 26.8 Å². The summed E-state index contributed by atoms with van der Waals surface area (Å²) >= 11 is 0. The number of halogens is 3. The van der Waals surface area contributed by atoms with E-state index in [2.05, 4.69) is 41.3 Å². The lowest BCUT2D eigenvalue weighted by atomic mass is 10.00. The van der Waals surface area contributed by atoms with Gasteiger partial charge in [-0.25, -0.2) is 0 Å². The van der Waals surface area contributed by atoms with Crippen LogP contribution in [0.3, 0.4) is 0 Å². The monoisotopic (exact) mass is 535 g/mol. The number of benzene rings is 3. The molecule has 2 heterocycles. The van der Waals surface area contributed by atoms with Gasteiger partial charge >= 0.3 is 6.18 Å². The third-order valence-corrected chi connectivity index (χ3v) is 7.99. The van der Waals surface area contributed by atoms with Crippen molar-refractivity contribution >= 4 is 11.6 Å². The zero-order valence-electron chi connectivity index (χ0n) is 22.2. The summed E-state index contributed by atoms with van der Waals surface area (Å²) < 4.78 is 39.1. The molecular formula is C32H36F3N3O. The molecule has 5 rings (SSSR count). The number of carbonyl (C=O) groups excluding carboxylic acids is 1. The first-order valence-electron chi connectivity index (χ1n) is 13.9. The predicted molar refractivity (Wildman–Crippen MR) is 148 cm³/mol. The second-order valence-electron chi connectivity index (χ2n) is 10.6. The lowest BCUT2D eigenvalue weighted by molar-refractivity contribution is -0.137. The Bertz CT molecular complexity index is 1220. The SMILES string of the molecule is O=C1CCC(c2ccc(CCCCN3CCN(c4cccc(C(F)(F)F)c4)CC3)cc2)N1Cc1ccccc1. The Balaban J connectivity index is 1.05. The van der Waals surface area contributed by atoms with Crippen LogP contribution in [0.15, 0.2) is 78.9 Å². The second kappa shape index (κ2) is 12.2. The van der Waals surface area contributed by atoms with Crippen LogP contribution in [0.5, 0.6) is 0 Å². The molecular weight excluding hydrogens is 499 g/mol. The van der Waals surface area contributed by atoms with Crippen molar-refractivity contribution in [3.63, 3.8) is 0 Å². The molecule has 2 fully saturated rings. The minimum atomic E-state index is -4.31. The largest absolute Gasteiger partial charge is 0.416 e. The Hall–Kier alpha value is -3.32. The Morgan fingerprint density at radius 3 is 2.26 bits per heavy atom. The summed E-state index contributed by atoms with van der Waals surface area (Å²) in [5, 5.41) is 0. The number of rotatable bonds is 9. The molecule has 1 atom stereocenters. The van der Waals surface area contributed by atoms with Gasteiger partial charge in [0.25, 0.3) is 0 Å². The highest BCUT2D eigenvalue weighted by molar-refractivity contribution is 5.79. The first-order valence-corrected chi connectivity index (χ1v) is 13.9. The van der Waals surface area contributed by atoms with E-state index < -0.39 is 11.7 Å². The van der Waals surface area contributed by atoms with Crippen LogP contribution in [0.2, 0.25) is 0 Å². The van der Waals surface area contributed by atoms with E-state index in [4.69, 9.17) is 0 Å². The predicted octanol–water partition coefficient (Wildman–Crippen LogP) is 6.71. The van der Waals surface area contributed by atoms with Crippen molar-refractivity contribution in [2.45, 2.75) is 50.9 Å². The maximum atomic E-state index is 13.0. The van der Waals surface area contributed by atoms with E-state index in [1.807, 2.05) is 28.0 Å². The summed E-state index contributed by atoms with van der Waals surface area (Å²) in [6, 6.07) is 24.7. The van der Waals surface area contributed by atoms with Crippen LogP contribution in [0.4, 0.5) is 18.9 Å². The number of piperazine rings is 1. The number of unbranched alkanes of at least 4 members (excludes halogenated alkanes) is 1. The molecule has 0 saturated carbocycles. The molecule has 3 aromatic rings. The third kappa shape index (κ3) is 7.01. The smallest absolute Gasteiger partial charge is 0.369 e. The number of alkyl halides is 3. The number of hydrogen-bond acceptors (Lipinski definition) is 3. The summed E-state index contributed by atoms with van der Waals surface area (Å²) in [7, 11) is 0. The van der Waals surface area contributed by atoms with Gasteiger partial charge in [0.2, 0.25) is 5.91 Å². The number of likely N-dealkylation sites (tertiary alicyclic amines) is 1. The Kier molecular flexibility index (Phi) is 8.56. The Morgan fingerprint density at radius 1 is 0.795 bits per heavy atom. The van der Waals surface area contributed by atoms with Crippen LogP contribution in [-0.4, -0.2) is 48.4 Å². The maximum absolute atomic E-state index is 13.0. The maximum Gasteiger partial charge on any atom is 0.416 e. The lowest BCUT2D eigenvalue weighted by Gasteiger charge is -2.36. The molecule has 2 saturated heterocycles. The fourth-order valence-electron chi connectivity index (χ4n) is 5.74. The quantitative estimate of drug-likeness (QED) is 0.285. The van der Waals surface area contributed by atoms with Crippen molar-refractivity contribution in [1.82, 2.24) is 9.80 Å². The fraction of sp³-hybridized carbons (Fsp3) is 0.406. The van der Waals surface area contributed by atoms with Gasteiger partial charge in [-0.2, -0.15) is 13.2 Å². The molecule has 1 unspecified atom stereocenters. The number of carbonyl (C=O) groups is 1. The summed E-state index contributed by atoms with van der Waals surface area (Å²) in [5.41, 5.74) is 3.74. The number of anilines is 1. The molecule has 3 aromatic carbocycles. The average Bonchev–Trinajstić information content (AvgIpc) is 3.31. The van der Waals surface area contributed by atoms with E-state index in [0.717, 1.165) is 70.0 Å². The average molecular weight is 536 g/mol. The van der Waals surface area contributed by atoms with Gasteiger partial charge in [-0.05, 0) is 67.1 Å². The van der Waals surface area contributed by atoms with Crippen LogP contribution >= 0.6 is 0 Å². The number of nitrogens with zero attached hydrogens (tertiary/aromatic N) is 3. The van der Waals surface area contributed by atoms with Crippen molar-refractivity contribution < 1.29 is 18.0 Å². The van der Waals surface area contributed by atoms with Gasteiger partial charge in [-0.1, -0.05) is 60.7 Å². The van der Waals surface area contributed by atoms with Crippen LogP contribution in [-0.2, 0) is 23.9 Å². The van der Waals surface area contributed by atoms with Crippen molar-refractivity contribution in [2.75, 3.05) is 37.6 Å². The van der Waals surface area contributed by atoms with Gasteiger partial charge in [-0.15, -0.1) is 0 Å². The number of aryl methyl sites for hydroxylation is 1. The zero-order chi connectivity index (χ0) is 27.2. The number of amides is 1. The molecule has 0 bridgehead atoms. The molecule has 7 heteroatoms. The van der Waals surface area contributed by atoms with Gasteiger partial charge in [0.15, 0.2) is 0 Å². The second-order valence-corrected chi connectivity index (χ2v) is 10.6. The minimum absolute atomic E-state index is 0.140. The van der Waals surface area contributed by atoms with Gasteiger partial charge in [0.05, 0.1) is 11.6 Å². The molecule has 4 nitrogen and oxygen atoms in total. The van der Waals surface area contributed by atoms with Crippen LogP contribution in [0.1, 0.15) is 54.0 Å². The summed E-state index contributed by atoms with van der Waals surface area (Å²) in [6.07, 6.45) is 0.361. The zero-order valence-corrected chi connectivity index (χ0v) is 22.2. The van der Waals surface area contributed by atoms with E-state index in [-0.39, 0.29) is 11.9 Å². The van der Waals surface area contributed by atoms with E-state index in [1.165, 1.54) is 23.3 Å². The first-order chi connectivity index (χ1) is 18.9. The highest BCUT2D eigenvalue weighted by atomic mass is 19.4. The minimum Gasteiger partial charge on any atom is -0.369 e. The van der Waals surface area contributed by atoms with Gasteiger partial charge in [0.1, 0.15) is 0 Å². The molecule has 206 valence electrons. The van der Waals surface area contributed by atoms with Gasteiger partial charge in [-0.3, -0.25) is 9.69 Å². The molecule has 39 heavy (non-hydrogen) atoms. The first kappa shape index (κ1) is 27.3. The van der Waals surface area contributed by atoms with E-state index in [0.29, 0.717) is 18.7 Å². The molecule has 0 aromatic heterocycles. The normalized spacial score (nSPS) is 18.6. The third-order valence-electron chi connectivity index (χ3n) is 7.99. The molecule has 0 spiro atoms.